The Bertz CT molecular complexity index is 396. The molecule has 1 atom stereocenters. The van der Waals surface area contributed by atoms with E-state index in [4.69, 9.17) is 4.74 Å². The zero-order valence-electron chi connectivity index (χ0n) is 14.0. The molecule has 0 heterocycles. The first-order valence-corrected chi connectivity index (χ1v) is 7.98. The fraction of sp³-hybridized carbons (Fsp3) is 0.667. The van der Waals surface area contributed by atoms with Crippen molar-refractivity contribution in [3.8, 4) is 5.75 Å². The van der Waals surface area contributed by atoms with Gasteiger partial charge in [0.1, 0.15) is 11.9 Å². The number of aryl methyl sites for hydroxylation is 1. The third-order valence-electron chi connectivity index (χ3n) is 3.80. The van der Waals surface area contributed by atoms with E-state index in [-0.39, 0.29) is 6.10 Å². The third-order valence-corrected chi connectivity index (χ3v) is 3.80. The van der Waals surface area contributed by atoms with Crippen LogP contribution in [0.25, 0.3) is 0 Å². The molecule has 0 aromatic heterocycles. The van der Waals surface area contributed by atoms with Gasteiger partial charge in [-0.2, -0.15) is 0 Å². The number of benzene rings is 1. The van der Waals surface area contributed by atoms with Gasteiger partial charge in [0.2, 0.25) is 0 Å². The molecule has 1 N–H and O–H groups in total. The lowest BCUT2D eigenvalue weighted by Crippen LogP contribution is -2.36. The highest BCUT2D eigenvalue weighted by atomic mass is 16.5. The lowest BCUT2D eigenvalue weighted by atomic mass is 10.0. The summed E-state index contributed by atoms with van der Waals surface area (Å²) in [5.74, 6) is 1.53. The van der Waals surface area contributed by atoms with Gasteiger partial charge in [-0.25, -0.2) is 0 Å². The van der Waals surface area contributed by atoms with Gasteiger partial charge in [0.05, 0.1) is 0 Å². The second-order valence-electron chi connectivity index (χ2n) is 6.05. The SMILES string of the molecule is CCC(CC)NCC(C)Oc1cc(C)ccc1C(C)C. The quantitative estimate of drug-likeness (QED) is 0.746. The molecule has 0 fully saturated rings. The van der Waals surface area contributed by atoms with Gasteiger partial charge in [0.25, 0.3) is 0 Å². The molecule has 1 aromatic rings. The minimum absolute atomic E-state index is 0.190. The van der Waals surface area contributed by atoms with Crippen LogP contribution in [0.15, 0.2) is 18.2 Å². The van der Waals surface area contributed by atoms with Gasteiger partial charge >= 0.3 is 0 Å². The first kappa shape index (κ1) is 17.0. The lowest BCUT2D eigenvalue weighted by molar-refractivity contribution is 0.207. The summed E-state index contributed by atoms with van der Waals surface area (Å²) in [7, 11) is 0. The van der Waals surface area contributed by atoms with E-state index in [9.17, 15) is 0 Å². The van der Waals surface area contributed by atoms with Crippen LogP contribution in [0, 0.1) is 6.92 Å². The summed E-state index contributed by atoms with van der Waals surface area (Å²) in [5, 5.41) is 3.58. The number of hydrogen-bond acceptors (Lipinski definition) is 2. The van der Waals surface area contributed by atoms with Crippen LogP contribution in [0.1, 0.15) is 64.5 Å². The van der Waals surface area contributed by atoms with Crippen molar-refractivity contribution < 1.29 is 4.74 Å². The molecule has 1 rings (SSSR count). The van der Waals surface area contributed by atoms with Crippen LogP contribution in [-0.2, 0) is 0 Å². The summed E-state index contributed by atoms with van der Waals surface area (Å²) < 4.78 is 6.16. The van der Waals surface area contributed by atoms with Crippen LogP contribution < -0.4 is 10.1 Å². The fourth-order valence-corrected chi connectivity index (χ4v) is 2.39. The van der Waals surface area contributed by atoms with Gasteiger partial charge in [-0.05, 0) is 49.8 Å². The Balaban J connectivity index is 2.65. The van der Waals surface area contributed by atoms with Crippen molar-refractivity contribution in [1.82, 2.24) is 5.32 Å². The monoisotopic (exact) mass is 277 g/mol. The Morgan fingerprint density at radius 1 is 1.10 bits per heavy atom. The van der Waals surface area contributed by atoms with Gasteiger partial charge in [-0.1, -0.05) is 39.8 Å². The average molecular weight is 277 g/mol. The lowest BCUT2D eigenvalue weighted by Gasteiger charge is -2.22. The topological polar surface area (TPSA) is 21.3 Å². The van der Waals surface area contributed by atoms with Gasteiger partial charge < -0.3 is 10.1 Å². The molecule has 0 bridgehead atoms. The van der Waals surface area contributed by atoms with Crippen LogP contribution >= 0.6 is 0 Å². The Kier molecular flexibility index (Phi) is 7.08. The number of hydrogen-bond donors (Lipinski definition) is 1. The molecule has 0 aliphatic heterocycles. The number of nitrogens with one attached hydrogen (secondary N) is 1. The number of ether oxygens (including phenoxy) is 1. The molecule has 0 aliphatic rings. The molecule has 0 spiro atoms. The summed E-state index contributed by atoms with van der Waals surface area (Å²) in [6, 6.07) is 7.11. The van der Waals surface area contributed by atoms with E-state index in [1.54, 1.807) is 0 Å². The highest BCUT2D eigenvalue weighted by Crippen LogP contribution is 2.28. The van der Waals surface area contributed by atoms with Gasteiger partial charge in [-0.15, -0.1) is 0 Å². The van der Waals surface area contributed by atoms with E-state index in [2.05, 4.69) is 65.1 Å². The number of rotatable bonds is 8. The molecule has 20 heavy (non-hydrogen) atoms. The molecule has 2 heteroatoms. The van der Waals surface area contributed by atoms with Crippen LogP contribution in [0.3, 0.4) is 0 Å². The highest BCUT2D eigenvalue weighted by molar-refractivity contribution is 5.39. The van der Waals surface area contributed by atoms with Gasteiger partial charge in [-0.3, -0.25) is 0 Å². The second kappa shape index (κ2) is 8.31. The molecule has 0 amide bonds. The Hall–Kier alpha value is -1.02. The minimum atomic E-state index is 0.190. The predicted octanol–water partition coefficient (Wildman–Crippen LogP) is 4.66. The van der Waals surface area contributed by atoms with Crippen molar-refractivity contribution >= 4 is 0 Å². The van der Waals surface area contributed by atoms with Crippen LogP contribution in [0.5, 0.6) is 5.75 Å². The molecule has 0 aliphatic carbocycles. The zero-order chi connectivity index (χ0) is 15.1. The maximum absolute atomic E-state index is 6.16. The van der Waals surface area contributed by atoms with E-state index in [1.165, 1.54) is 24.0 Å². The normalized spacial score (nSPS) is 13.0. The molecule has 1 unspecified atom stereocenters. The second-order valence-corrected chi connectivity index (χ2v) is 6.05. The van der Waals surface area contributed by atoms with Crippen LogP contribution in [-0.4, -0.2) is 18.7 Å². The van der Waals surface area contributed by atoms with Crippen molar-refractivity contribution in [1.29, 1.82) is 0 Å². The van der Waals surface area contributed by atoms with Crippen molar-refractivity contribution in [3.05, 3.63) is 29.3 Å². The van der Waals surface area contributed by atoms with Crippen LogP contribution in [0.2, 0.25) is 0 Å². The Morgan fingerprint density at radius 2 is 1.75 bits per heavy atom. The maximum Gasteiger partial charge on any atom is 0.123 e. The van der Waals surface area contributed by atoms with Gasteiger partial charge in [0.15, 0.2) is 0 Å². The van der Waals surface area contributed by atoms with E-state index in [0.29, 0.717) is 12.0 Å². The Labute approximate surface area is 124 Å². The molecule has 0 radical (unpaired) electrons. The van der Waals surface area contributed by atoms with Crippen LogP contribution in [0.4, 0.5) is 0 Å². The van der Waals surface area contributed by atoms with Crippen molar-refractivity contribution in [2.45, 2.75) is 72.4 Å². The van der Waals surface area contributed by atoms with E-state index in [0.717, 1.165) is 12.3 Å². The predicted molar refractivity (Wildman–Crippen MR) is 87.7 cm³/mol. The summed E-state index contributed by atoms with van der Waals surface area (Å²) in [4.78, 5) is 0. The van der Waals surface area contributed by atoms with Crippen molar-refractivity contribution in [3.63, 3.8) is 0 Å². The molecule has 2 nitrogen and oxygen atoms in total. The summed E-state index contributed by atoms with van der Waals surface area (Å²) in [6.45, 7) is 14.0. The van der Waals surface area contributed by atoms with Crippen molar-refractivity contribution in [2.24, 2.45) is 0 Å². The molecule has 0 saturated carbocycles. The highest BCUT2D eigenvalue weighted by Gasteiger charge is 2.12. The summed E-state index contributed by atoms with van der Waals surface area (Å²) in [6.07, 6.45) is 2.53. The van der Waals surface area contributed by atoms with E-state index < -0.39 is 0 Å². The smallest absolute Gasteiger partial charge is 0.123 e. The minimum Gasteiger partial charge on any atom is -0.489 e. The average Bonchev–Trinajstić information content (AvgIpc) is 2.39. The van der Waals surface area contributed by atoms with E-state index >= 15 is 0 Å². The molecular weight excluding hydrogens is 246 g/mol. The summed E-state index contributed by atoms with van der Waals surface area (Å²) >= 11 is 0. The fourth-order valence-electron chi connectivity index (χ4n) is 2.39. The molecule has 0 saturated heterocycles. The maximum atomic E-state index is 6.16. The molecule has 114 valence electrons. The first-order chi connectivity index (χ1) is 9.47. The zero-order valence-corrected chi connectivity index (χ0v) is 14.0. The van der Waals surface area contributed by atoms with E-state index in [1.807, 2.05) is 0 Å². The van der Waals surface area contributed by atoms with Crippen molar-refractivity contribution in [2.75, 3.05) is 6.54 Å². The van der Waals surface area contributed by atoms with Gasteiger partial charge in [0, 0.05) is 12.6 Å². The Morgan fingerprint density at radius 3 is 2.30 bits per heavy atom. The molecule has 1 aromatic carbocycles. The largest absolute Gasteiger partial charge is 0.489 e. The summed E-state index contributed by atoms with van der Waals surface area (Å²) in [5.41, 5.74) is 2.55. The standard InChI is InChI=1S/C18H31NO/c1-7-16(8-2)19-12-15(6)20-18-11-14(5)9-10-17(18)13(3)4/h9-11,13,15-16,19H,7-8,12H2,1-6H3. The molecular formula is C18H31NO. The third kappa shape index (κ3) is 5.16. The first-order valence-electron chi connectivity index (χ1n) is 7.98.